The highest BCUT2D eigenvalue weighted by molar-refractivity contribution is 5.80. The largest absolute Gasteiger partial charge is 0.382 e. The highest BCUT2D eigenvalue weighted by atomic mass is 16.5. The summed E-state index contributed by atoms with van der Waals surface area (Å²) < 4.78 is 12.6. The molecule has 1 aliphatic heterocycles. The topological polar surface area (TPSA) is 96.8 Å². The number of nitrogens with one attached hydrogen (secondary N) is 1. The molecule has 10 nitrogen and oxygen atoms in total. The van der Waals surface area contributed by atoms with Gasteiger partial charge in [-0.2, -0.15) is 0 Å². The van der Waals surface area contributed by atoms with Crippen molar-refractivity contribution in [1.29, 1.82) is 0 Å². The first-order valence-electron chi connectivity index (χ1n) is 10.7. The maximum atomic E-state index is 5.45. The van der Waals surface area contributed by atoms with Crippen molar-refractivity contribution in [1.82, 2.24) is 35.0 Å². The van der Waals surface area contributed by atoms with Gasteiger partial charge in [0.2, 0.25) is 0 Å². The first-order chi connectivity index (χ1) is 14.6. The SMILES string of the molecule is CCOCCCNC(=NCc1nnc(C)n1C)N1CCN(Cc2cc(C)on2)CC1. The van der Waals surface area contributed by atoms with Crippen molar-refractivity contribution in [2.24, 2.45) is 12.0 Å². The lowest BCUT2D eigenvalue weighted by molar-refractivity contribution is 0.144. The predicted octanol–water partition coefficient (Wildman–Crippen LogP) is 1.11. The number of guanidine groups is 1. The fourth-order valence-corrected chi connectivity index (χ4v) is 3.36. The molecule has 0 saturated carbocycles. The number of aromatic nitrogens is 4. The van der Waals surface area contributed by atoms with Crippen molar-refractivity contribution < 1.29 is 9.26 Å². The Kier molecular flexibility index (Phi) is 8.21. The van der Waals surface area contributed by atoms with Crippen molar-refractivity contribution in [2.75, 3.05) is 45.9 Å². The minimum absolute atomic E-state index is 0.504. The molecule has 1 fully saturated rings. The van der Waals surface area contributed by atoms with E-state index in [-0.39, 0.29) is 0 Å². The lowest BCUT2D eigenvalue weighted by Gasteiger charge is -2.36. The van der Waals surface area contributed by atoms with Crippen LogP contribution in [0.5, 0.6) is 0 Å². The van der Waals surface area contributed by atoms with Gasteiger partial charge in [0.15, 0.2) is 11.8 Å². The summed E-state index contributed by atoms with van der Waals surface area (Å²) in [5.74, 6) is 3.53. The van der Waals surface area contributed by atoms with E-state index in [0.29, 0.717) is 6.54 Å². The van der Waals surface area contributed by atoms with E-state index >= 15 is 0 Å². The Labute approximate surface area is 178 Å². The van der Waals surface area contributed by atoms with E-state index in [1.54, 1.807) is 0 Å². The molecule has 0 aliphatic carbocycles. The summed E-state index contributed by atoms with van der Waals surface area (Å²) in [4.78, 5) is 9.55. The van der Waals surface area contributed by atoms with Gasteiger partial charge in [0, 0.05) is 65.6 Å². The quantitative estimate of drug-likeness (QED) is 0.368. The van der Waals surface area contributed by atoms with Gasteiger partial charge >= 0.3 is 0 Å². The smallest absolute Gasteiger partial charge is 0.194 e. The second-order valence-electron chi connectivity index (χ2n) is 7.53. The molecule has 0 unspecified atom stereocenters. The molecule has 0 amide bonds. The zero-order valence-corrected chi connectivity index (χ0v) is 18.6. The van der Waals surface area contributed by atoms with Crippen LogP contribution in [-0.2, 0) is 24.9 Å². The van der Waals surface area contributed by atoms with E-state index < -0.39 is 0 Å². The van der Waals surface area contributed by atoms with Crippen LogP contribution in [-0.4, -0.2) is 81.6 Å². The van der Waals surface area contributed by atoms with Crippen molar-refractivity contribution >= 4 is 5.96 Å². The third-order valence-electron chi connectivity index (χ3n) is 5.24. The van der Waals surface area contributed by atoms with Gasteiger partial charge in [-0.05, 0) is 27.2 Å². The Bertz CT molecular complexity index is 808. The standard InChI is InChI=1S/C20H34N8O2/c1-5-29-12-6-7-21-20(22-14-19-24-23-17(3)26(19)4)28-10-8-27(9-11-28)15-18-13-16(2)30-25-18/h13H,5-12,14-15H2,1-4H3,(H,21,22). The Morgan fingerprint density at radius 3 is 2.67 bits per heavy atom. The van der Waals surface area contributed by atoms with Crippen LogP contribution < -0.4 is 5.32 Å². The van der Waals surface area contributed by atoms with E-state index in [4.69, 9.17) is 14.3 Å². The predicted molar refractivity (Wildman–Crippen MR) is 114 cm³/mol. The van der Waals surface area contributed by atoms with Gasteiger partial charge in [-0.1, -0.05) is 5.16 Å². The minimum atomic E-state index is 0.504. The first-order valence-corrected chi connectivity index (χ1v) is 10.7. The van der Waals surface area contributed by atoms with Gasteiger partial charge in [-0.3, -0.25) is 4.90 Å². The monoisotopic (exact) mass is 418 g/mol. The summed E-state index contributed by atoms with van der Waals surface area (Å²) in [5.41, 5.74) is 0.988. The number of aliphatic imine (C=N–C) groups is 1. The summed E-state index contributed by atoms with van der Waals surface area (Å²) in [6.45, 7) is 13.3. The Balaban J connectivity index is 1.56. The number of hydrogen-bond donors (Lipinski definition) is 1. The fourth-order valence-electron chi connectivity index (χ4n) is 3.36. The molecule has 2 aromatic heterocycles. The Morgan fingerprint density at radius 2 is 2.03 bits per heavy atom. The lowest BCUT2D eigenvalue weighted by atomic mass is 10.3. The molecule has 1 saturated heterocycles. The van der Waals surface area contributed by atoms with Crippen LogP contribution in [0.1, 0.15) is 36.4 Å². The molecule has 1 N–H and O–H groups in total. The number of ether oxygens (including phenoxy) is 1. The highest BCUT2D eigenvalue weighted by Gasteiger charge is 2.21. The van der Waals surface area contributed by atoms with Crippen LogP contribution in [0.4, 0.5) is 0 Å². The summed E-state index contributed by atoms with van der Waals surface area (Å²) in [5, 5.41) is 16.0. The molecule has 3 rings (SSSR count). The Hall–Kier alpha value is -2.46. The molecule has 0 atom stereocenters. The maximum absolute atomic E-state index is 5.45. The van der Waals surface area contributed by atoms with Crippen molar-refractivity contribution in [2.45, 2.75) is 40.3 Å². The van der Waals surface area contributed by atoms with Crippen LogP contribution in [0.3, 0.4) is 0 Å². The van der Waals surface area contributed by atoms with E-state index in [1.165, 1.54) is 0 Å². The molecule has 166 valence electrons. The molecule has 30 heavy (non-hydrogen) atoms. The number of rotatable bonds is 9. The van der Waals surface area contributed by atoms with Crippen molar-refractivity contribution in [3.8, 4) is 0 Å². The van der Waals surface area contributed by atoms with Gasteiger partial charge in [0.1, 0.15) is 18.1 Å². The maximum Gasteiger partial charge on any atom is 0.194 e. The third-order valence-corrected chi connectivity index (χ3v) is 5.24. The molecule has 1 aliphatic rings. The van der Waals surface area contributed by atoms with Gasteiger partial charge in [0.25, 0.3) is 0 Å². The number of nitrogens with zero attached hydrogens (tertiary/aromatic N) is 7. The zero-order valence-electron chi connectivity index (χ0n) is 18.6. The minimum Gasteiger partial charge on any atom is -0.382 e. The summed E-state index contributed by atoms with van der Waals surface area (Å²) in [6.07, 6.45) is 0.946. The number of hydrogen-bond acceptors (Lipinski definition) is 7. The number of aryl methyl sites for hydroxylation is 2. The molecule has 0 aromatic carbocycles. The molecule has 10 heteroatoms. The van der Waals surface area contributed by atoms with E-state index in [2.05, 4.69) is 30.5 Å². The van der Waals surface area contributed by atoms with E-state index in [1.807, 2.05) is 38.5 Å². The van der Waals surface area contributed by atoms with Gasteiger partial charge in [0.05, 0.1) is 5.69 Å². The van der Waals surface area contributed by atoms with Gasteiger partial charge in [-0.25, -0.2) is 4.99 Å². The molecule has 2 aromatic rings. The fraction of sp³-hybridized carbons (Fsp3) is 0.700. The van der Waals surface area contributed by atoms with Crippen LogP contribution in [0, 0.1) is 13.8 Å². The lowest BCUT2D eigenvalue weighted by Crippen LogP contribution is -2.52. The normalized spacial score (nSPS) is 15.7. The van der Waals surface area contributed by atoms with Crippen LogP contribution in [0.2, 0.25) is 0 Å². The van der Waals surface area contributed by atoms with Gasteiger partial charge in [-0.15, -0.1) is 10.2 Å². The average Bonchev–Trinajstić information content (AvgIpc) is 3.30. The molecular weight excluding hydrogens is 384 g/mol. The van der Waals surface area contributed by atoms with Crippen molar-refractivity contribution in [3.63, 3.8) is 0 Å². The summed E-state index contributed by atoms with van der Waals surface area (Å²) in [6, 6.07) is 2.00. The highest BCUT2D eigenvalue weighted by Crippen LogP contribution is 2.10. The van der Waals surface area contributed by atoms with Crippen LogP contribution >= 0.6 is 0 Å². The zero-order chi connectivity index (χ0) is 21.3. The first kappa shape index (κ1) is 22.2. The molecule has 0 spiro atoms. The van der Waals surface area contributed by atoms with Gasteiger partial charge < -0.3 is 24.0 Å². The molecule has 0 bridgehead atoms. The third kappa shape index (κ3) is 6.27. The van der Waals surface area contributed by atoms with E-state index in [0.717, 1.165) is 88.0 Å². The van der Waals surface area contributed by atoms with E-state index in [9.17, 15) is 0 Å². The number of piperazine rings is 1. The van der Waals surface area contributed by atoms with Crippen LogP contribution in [0.15, 0.2) is 15.6 Å². The van der Waals surface area contributed by atoms with Crippen LogP contribution in [0.25, 0.3) is 0 Å². The molecular formula is C20H34N8O2. The molecule has 3 heterocycles. The average molecular weight is 419 g/mol. The second kappa shape index (κ2) is 11.1. The molecule has 0 radical (unpaired) electrons. The second-order valence-corrected chi connectivity index (χ2v) is 7.53. The summed E-state index contributed by atoms with van der Waals surface area (Å²) >= 11 is 0. The van der Waals surface area contributed by atoms with Crippen molar-refractivity contribution in [3.05, 3.63) is 29.2 Å². The summed E-state index contributed by atoms with van der Waals surface area (Å²) in [7, 11) is 1.97. The Morgan fingerprint density at radius 1 is 1.23 bits per heavy atom.